The highest BCUT2D eigenvalue weighted by molar-refractivity contribution is 7.92. The molecule has 1 heterocycles. The number of hydrogen-bond acceptors (Lipinski definition) is 5. The summed E-state index contributed by atoms with van der Waals surface area (Å²) in [5.74, 6) is -2.50. The second kappa shape index (κ2) is 7.26. The number of nitrogens with one attached hydrogen (secondary N) is 1. The average Bonchev–Trinajstić information content (AvgIpc) is 2.99. The van der Waals surface area contributed by atoms with Crippen molar-refractivity contribution in [1.29, 1.82) is 0 Å². The Morgan fingerprint density at radius 2 is 2.04 bits per heavy atom. The van der Waals surface area contributed by atoms with Crippen molar-refractivity contribution in [3.05, 3.63) is 24.0 Å². The largest absolute Gasteiger partial charge is 0.480 e. The molecule has 1 aromatic rings. The Morgan fingerprint density at radius 1 is 1.36 bits per heavy atom. The first-order chi connectivity index (χ1) is 11.6. The van der Waals surface area contributed by atoms with Crippen molar-refractivity contribution in [2.75, 3.05) is 17.0 Å². The van der Waals surface area contributed by atoms with Crippen molar-refractivity contribution < 1.29 is 31.1 Å². The van der Waals surface area contributed by atoms with E-state index >= 15 is 0 Å². The fourth-order valence-corrected chi connectivity index (χ4v) is 5.44. The average molecular weight is 394 g/mol. The highest BCUT2D eigenvalue weighted by Gasteiger charge is 2.39. The van der Waals surface area contributed by atoms with Crippen molar-refractivity contribution >= 4 is 31.7 Å². The number of carbonyl (C=O) groups is 1. The minimum Gasteiger partial charge on any atom is -0.480 e. The highest BCUT2D eigenvalue weighted by Crippen LogP contribution is 2.28. The number of carboxylic acids is 1. The minimum atomic E-state index is -4.19. The van der Waals surface area contributed by atoms with Gasteiger partial charge in [0, 0.05) is 6.54 Å². The van der Waals surface area contributed by atoms with Crippen LogP contribution >= 0.6 is 0 Å². The Bertz CT molecular complexity index is 869. The van der Waals surface area contributed by atoms with Gasteiger partial charge in [0.25, 0.3) is 0 Å². The van der Waals surface area contributed by atoms with Crippen LogP contribution in [-0.4, -0.2) is 50.6 Å². The SMILES string of the molecule is CCCS(=O)(=O)Nc1ccc(S(=O)(=O)N2CCC[C@@H]2C(=O)O)cc1F. The number of sulfonamides is 2. The van der Waals surface area contributed by atoms with E-state index < -0.39 is 42.8 Å². The molecule has 0 saturated carbocycles. The molecule has 1 saturated heterocycles. The maximum Gasteiger partial charge on any atom is 0.322 e. The third-order valence-electron chi connectivity index (χ3n) is 3.77. The summed E-state index contributed by atoms with van der Waals surface area (Å²) in [6, 6.07) is 1.58. The minimum absolute atomic E-state index is 0.0335. The molecule has 8 nitrogen and oxygen atoms in total. The van der Waals surface area contributed by atoms with Crippen molar-refractivity contribution in [3.8, 4) is 0 Å². The molecule has 0 spiro atoms. The third kappa shape index (κ3) is 4.28. The van der Waals surface area contributed by atoms with Crippen LogP contribution in [0.2, 0.25) is 0 Å². The van der Waals surface area contributed by atoms with Gasteiger partial charge in [0.15, 0.2) is 0 Å². The Labute approximate surface area is 145 Å². The third-order valence-corrected chi connectivity index (χ3v) is 7.15. The van der Waals surface area contributed by atoms with Crippen LogP contribution in [0.1, 0.15) is 26.2 Å². The Hall–Kier alpha value is -1.72. The molecule has 1 fully saturated rings. The lowest BCUT2D eigenvalue weighted by Gasteiger charge is -2.21. The highest BCUT2D eigenvalue weighted by atomic mass is 32.2. The van der Waals surface area contributed by atoms with Crippen LogP contribution in [0.5, 0.6) is 0 Å². The zero-order chi connectivity index (χ0) is 18.8. The number of aliphatic carboxylic acids is 1. The molecule has 0 amide bonds. The molecule has 0 aliphatic carbocycles. The number of carboxylic acid groups (broad SMARTS) is 1. The molecule has 2 rings (SSSR count). The van der Waals surface area contributed by atoms with E-state index in [9.17, 15) is 26.0 Å². The Balaban J connectivity index is 2.32. The summed E-state index contributed by atoms with van der Waals surface area (Å²) in [6.45, 7) is 1.69. The predicted octanol–water partition coefficient (Wildman–Crippen LogP) is 1.22. The van der Waals surface area contributed by atoms with E-state index in [0.29, 0.717) is 18.9 Å². The van der Waals surface area contributed by atoms with Crippen LogP contribution in [-0.2, 0) is 24.8 Å². The lowest BCUT2D eigenvalue weighted by molar-refractivity contribution is -0.140. The second-order valence-electron chi connectivity index (χ2n) is 5.67. The molecule has 0 bridgehead atoms. The monoisotopic (exact) mass is 394 g/mol. The van der Waals surface area contributed by atoms with Gasteiger partial charge in [-0.3, -0.25) is 9.52 Å². The van der Waals surface area contributed by atoms with Gasteiger partial charge in [-0.25, -0.2) is 21.2 Å². The van der Waals surface area contributed by atoms with Crippen molar-refractivity contribution in [2.24, 2.45) is 0 Å². The maximum atomic E-state index is 14.2. The van der Waals surface area contributed by atoms with Crippen LogP contribution in [0.25, 0.3) is 0 Å². The summed E-state index contributed by atoms with van der Waals surface area (Å²) in [5, 5.41) is 9.11. The van der Waals surface area contributed by atoms with Crippen molar-refractivity contribution in [1.82, 2.24) is 4.31 Å². The lowest BCUT2D eigenvalue weighted by Crippen LogP contribution is -2.40. The molecule has 140 valence electrons. The molecule has 11 heteroatoms. The Morgan fingerprint density at radius 3 is 2.60 bits per heavy atom. The fraction of sp³-hybridized carbons (Fsp3) is 0.500. The van der Waals surface area contributed by atoms with E-state index in [2.05, 4.69) is 4.72 Å². The van der Waals surface area contributed by atoms with E-state index in [1.165, 1.54) is 0 Å². The summed E-state index contributed by atoms with van der Waals surface area (Å²) in [6.07, 6.45) is 0.925. The first-order valence-corrected chi connectivity index (χ1v) is 10.7. The quantitative estimate of drug-likeness (QED) is 0.717. The van der Waals surface area contributed by atoms with Gasteiger partial charge in [-0.05, 0) is 37.5 Å². The molecule has 0 radical (unpaired) electrons. The van der Waals surface area contributed by atoms with Crippen LogP contribution in [0.4, 0.5) is 10.1 Å². The maximum absolute atomic E-state index is 14.2. The molecule has 25 heavy (non-hydrogen) atoms. The molecular weight excluding hydrogens is 375 g/mol. The van der Waals surface area contributed by atoms with Crippen LogP contribution in [0.15, 0.2) is 23.1 Å². The molecule has 1 aromatic carbocycles. The van der Waals surface area contributed by atoms with E-state index in [0.717, 1.165) is 16.4 Å². The summed E-state index contributed by atoms with van der Waals surface area (Å²) < 4.78 is 65.5. The smallest absolute Gasteiger partial charge is 0.322 e. The van der Waals surface area contributed by atoms with E-state index in [4.69, 9.17) is 5.11 Å². The van der Waals surface area contributed by atoms with Crippen LogP contribution < -0.4 is 4.72 Å². The molecule has 1 aliphatic heterocycles. The number of benzene rings is 1. The van der Waals surface area contributed by atoms with Gasteiger partial charge in [-0.2, -0.15) is 4.31 Å². The first kappa shape index (κ1) is 19.6. The molecule has 1 atom stereocenters. The van der Waals surface area contributed by atoms with E-state index in [1.807, 2.05) is 0 Å². The van der Waals surface area contributed by atoms with Gasteiger partial charge in [0.05, 0.1) is 16.3 Å². The lowest BCUT2D eigenvalue weighted by atomic mass is 10.2. The van der Waals surface area contributed by atoms with E-state index in [1.54, 1.807) is 6.92 Å². The summed E-state index contributed by atoms with van der Waals surface area (Å²) in [5.41, 5.74) is -0.358. The second-order valence-corrected chi connectivity index (χ2v) is 9.41. The van der Waals surface area contributed by atoms with Gasteiger partial charge in [0.2, 0.25) is 20.0 Å². The number of anilines is 1. The fourth-order valence-electron chi connectivity index (χ4n) is 2.64. The van der Waals surface area contributed by atoms with Gasteiger partial charge < -0.3 is 5.11 Å². The molecule has 0 unspecified atom stereocenters. The normalized spacial score (nSPS) is 19.0. The number of nitrogens with zero attached hydrogens (tertiary/aromatic N) is 1. The zero-order valence-electron chi connectivity index (χ0n) is 13.5. The molecule has 0 aromatic heterocycles. The summed E-state index contributed by atoms with van der Waals surface area (Å²) in [7, 11) is -7.91. The van der Waals surface area contributed by atoms with Crippen molar-refractivity contribution in [2.45, 2.75) is 37.1 Å². The Kier molecular flexibility index (Phi) is 5.69. The van der Waals surface area contributed by atoms with Crippen LogP contribution in [0, 0.1) is 5.82 Å². The molecule has 2 N–H and O–H groups in total. The predicted molar refractivity (Wildman–Crippen MR) is 88.7 cm³/mol. The standard InChI is InChI=1S/C14H19FN2O6S2/c1-2-8-24(20,21)16-12-6-5-10(9-11(12)15)25(22,23)17-7-3-4-13(17)14(18)19/h5-6,9,13,16H,2-4,7-8H2,1H3,(H,18,19)/t13-/m1/s1. The van der Waals surface area contributed by atoms with Crippen LogP contribution in [0.3, 0.4) is 0 Å². The van der Waals surface area contributed by atoms with Gasteiger partial charge in [-0.1, -0.05) is 6.92 Å². The molecular formula is C14H19FN2O6S2. The summed E-state index contributed by atoms with van der Waals surface area (Å²) >= 11 is 0. The zero-order valence-corrected chi connectivity index (χ0v) is 15.1. The van der Waals surface area contributed by atoms with Crippen molar-refractivity contribution in [3.63, 3.8) is 0 Å². The molecule has 1 aliphatic rings. The first-order valence-electron chi connectivity index (χ1n) is 7.63. The topological polar surface area (TPSA) is 121 Å². The van der Waals surface area contributed by atoms with E-state index in [-0.39, 0.29) is 24.4 Å². The number of halogens is 1. The van der Waals surface area contributed by atoms with Gasteiger partial charge >= 0.3 is 5.97 Å². The van der Waals surface area contributed by atoms with Gasteiger partial charge in [-0.15, -0.1) is 0 Å². The van der Waals surface area contributed by atoms with Gasteiger partial charge in [0.1, 0.15) is 11.9 Å². The number of hydrogen-bond donors (Lipinski definition) is 2. The number of rotatable bonds is 7. The summed E-state index contributed by atoms with van der Waals surface area (Å²) in [4.78, 5) is 10.8.